The second-order valence-electron chi connectivity index (χ2n) is 5.14. The van der Waals surface area contributed by atoms with Crippen LogP contribution in [0.5, 0.6) is 0 Å². The van der Waals surface area contributed by atoms with Crippen molar-refractivity contribution in [3.63, 3.8) is 0 Å². The Morgan fingerprint density at radius 2 is 1.52 bits per heavy atom. The molecule has 0 fully saturated rings. The summed E-state index contributed by atoms with van der Waals surface area (Å²) in [6, 6.07) is 0. The van der Waals surface area contributed by atoms with Gasteiger partial charge in [0.2, 0.25) is 0 Å². The molecule has 11 heteroatoms. The van der Waals surface area contributed by atoms with Gasteiger partial charge in [-0.3, -0.25) is 0 Å². The summed E-state index contributed by atoms with van der Waals surface area (Å²) < 4.78 is 99.1. The van der Waals surface area contributed by atoms with E-state index in [2.05, 4.69) is 0 Å². The quantitative estimate of drug-likeness (QED) is 0.522. The van der Waals surface area contributed by atoms with Crippen LogP contribution < -0.4 is 5.11 Å². The number of hydrogen-bond acceptors (Lipinski definition) is 2. The number of carbonyl (C=O) groups excluding carboxylic acids is 1. The van der Waals surface area contributed by atoms with Gasteiger partial charge in [0.1, 0.15) is 6.54 Å². The SMILES string of the molecule is C[N+](C)(CCC(F)C(F)(F)C(F)(F)C(F)(F)F)CC(=O)[O-]. The Labute approximate surface area is 114 Å². The highest BCUT2D eigenvalue weighted by Gasteiger charge is 2.75. The first kappa shape index (κ1) is 19.9. The summed E-state index contributed by atoms with van der Waals surface area (Å²) in [6.07, 6.45) is -11.8. The molecule has 0 rings (SSSR count). The average molecular weight is 331 g/mol. The number of rotatable bonds is 7. The van der Waals surface area contributed by atoms with E-state index in [1.54, 1.807) is 0 Å². The summed E-state index contributed by atoms with van der Waals surface area (Å²) in [6.45, 7) is -1.44. The van der Waals surface area contributed by atoms with Gasteiger partial charge in [0, 0.05) is 6.42 Å². The maximum absolute atomic E-state index is 13.2. The zero-order valence-corrected chi connectivity index (χ0v) is 11.0. The van der Waals surface area contributed by atoms with Crippen LogP contribution in [0.15, 0.2) is 0 Å². The molecule has 0 radical (unpaired) electrons. The van der Waals surface area contributed by atoms with Crippen molar-refractivity contribution in [2.75, 3.05) is 27.2 Å². The number of aliphatic carboxylic acids is 1. The fraction of sp³-hybridized carbons (Fsp3) is 0.900. The minimum absolute atomic E-state index is 0.615. The monoisotopic (exact) mass is 331 g/mol. The minimum atomic E-state index is -6.60. The van der Waals surface area contributed by atoms with Crippen LogP contribution in [0.3, 0.4) is 0 Å². The molecule has 126 valence electrons. The summed E-state index contributed by atoms with van der Waals surface area (Å²) in [5, 5.41) is 10.3. The maximum atomic E-state index is 13.2. The topological polar surface area (TPSA) is 40.1 Å². The Morgan fingerprint density at radius 3 is 1.86 bits per heavy atom. The number of nitrogens with zero attached hydrogens (tertiary/aromatic N) is 1. The molecule has 0 saturated carbocycles. The fourth-order valence-electron chi connectivity index (χ4n) is 1.46. The van der Waals surface area contributed by atoms with Gasteiger partial charge in [-0.25, -0.2) is 4.39 Å². The molecule has 0 spiro atoms. The van der Waals surface area contributed by atoms with Crippen LogP contribution in [0.25, 0.3) is 0 Å². The van der Waals surface area contributed by atoms with Crippen LogP contribution in [0, 0.1) is 0 Å². The Morgan fingerprint density at radius 1 is 1.10 bits per heavy atom. The lowest BCUT2D eigenvalue weighted by molar-refractivity contribution is -0.885. The van der Waals surface area contributed by atoms with Crippen molar-refractivity contribution in [3.8, 4) is 0 Å². The molecule has 0 bridgehead atoms. The molecule has 1 unspecified atom stereocenters. The molecule has 0 amide bonds. The highest BCUT2D eigenvalue weighted by molar-refractivity contribution is 5.65. The van der Waals surface area contributed by atoms with E-state index in [4.69, 9.17) is 0 Å². The van der Waals surface area contributed by atoms with Crippen LogP contribution in [-0.4, -0.2) is 61.8 Å². The smallest absolute Gasteiger partial charge is 0.459 e. The van der Waals surface area contributed by atoms with Gasteiger partial charge >= 0.3 is 18.0 Å². The van der Waals surface area contributed by atoms with E-state index >= 15 is 0 Å². The molecule has 0 aromatic heterocycles. The van der Waals surface area contributed by atoms with Crippen LogP contribution >= 0.6 is 0 Å². The predicted octanol–water partition coefficient (Wildman–Crippen LogP) is 1.37. The van der Waals surface area contributed by atoms with Crippen molar-refractivity contribution in [1.82, 2.24) is 0 Å². The number of halogens is 8. The first-order valence-electron chi connectivity index (χ1n) is 5.53. The zero-order chi connectivity index (χ0) is 17.3. The summed E-state index contributed by atoms with van der Waals surface area (Å²) >= 11 is 0. The van der Waals surface area contributed by atoms with E-state index < -0.39 is 54.2 Å². The van der Waals surface area contributed by atoms with Crippen LogP contribution in [0.1, 0.15) is 6.42 Å². The molecule has 0 heterocycles. The molecule has 0 N–H and O–H groups in total. The van der Waals surface area contributed by atoms with Crippen LogP contribution in [0.4, 0.5) is 35.1 Å². The summed E-state index contributed by atoms with van der Waals surface area (Å²) in [5.41, 5.74) is 0. The molecule has 0 saturated heterocycles. The summed E-state index contributed by atoms with van der Waals surface area (Å²) in [7, 11) is 2.28. The maximum Gasteiger partial charge on any atom is 0.459 e. The fourth-order valence-corrected chi connectivity index (χ4v) is 1.46. The third-order valence-corrected chi connectivity index (χ3v) is 2.71. The molecule has 0 aromatic carbocycles. The third-order valence-electron chi connectivity index (χ3n) is 2.71. The normalized spacial score (nSPS) is 15.9. The van der Waals surface area contributed by atoms with E-state index in [-0.39, 0.29) is 0 Å². The first-order valence-corrected chi connectivity index (χ1v) is 5.53. The number of carboxylic acids is 1. The van der Waals surface area contributed by atoms with E-state index in [1.807, 2.05) is 0 Å². The lowest BCUT2D eigenvalue weighted by Crippen LogP contribution is -2.57. The molecule has 3 nitrogen and oxygen atoms in total. The standard InChI is InChI=1S/C10H13F8NO2/c1-19(2,5-7(20)21)4-3-6(11)8(12,13)9(14,15)10(16,17)18/h6H,3-5H2,1-2H3. The molecule has 1 atom stereocenters. The number of quaternary nitrogens is 1. The van der Waals surface area contributed by atoms with Crippen molar-refractivity contribution >= 4 is 5.97 Å². The van der Waals surface area contributed by atoms with Crippen molar-refractivity contribution < 1.29 is 49.5 Å². The lowest BCUT2D eigenvalue weighted by Gasteiger charge is -2.33. The highest BCUT2D eigenvalue weighted by Crippen LogP contribution is 2.49. The van der Waals surface area contributed by atoms with Crippen molar-refractivity contribution in [2.24, 2.45) is 0 Å². The number of hydrogen-bond donors (Lipinski definition) is 0. The van der Waals surface area contributed by atoms with Gasteiger partial charge < -0.3 is 14.4 Å². The Bertz CT molecular complexity index is 380. The van der Waals surface area contributed by atoms with Gasteiger partial charge in [-0.15, -0.1) is 0 Å². The second kappa shape index (κ2) is 5.93. The largest absolute Gasteiger partial charge is 0.544 e. The van der Waals surface area contributed by atoms with E-state index in [1.165, 1.54) is 0 Å². The Balaban J connectivity index is 4.94. The van der Waals surface area contributed by atoms with Crippen LogP contribution in [0.2, 0.25) is 0 Å². The predicted molar refractivity (Wildman–Crippen MR) is 52.3 cm³/mol. The van der Waals surface area contributed by atoms with Crippen molar-refractivity contribution in [1.29, 1.82) is 0 Å². The first-order chi connectivity index (χ1) is 9.04. The van der Waals surface area contributed by atoms with E-state index in [0.717, 1.165) is 14.1 Å². The summed E-state index contributed by atoms with van der Waals surface area (Å²) in [4.78, 5) is 10.3. The van der Waals surface area contributed by atoms with E-state index in [9.17, 15) is 45.0 Å². The lowest BCUT2D eigenvalue weighted by atomic mass is 10.0. The zero-order valence-electron chi connectivity index (χ0n) is 11.0. The van der Waals surface area contributed by atoms with Crippen molar-refractivity contribution in [3.05, 3.63) is 0 Å². The van der Waals surface area contributed by atoms with Gasteiger partial charge in [-0.1, -0.05) is 0 Å². The molecular formula is C10H13F8NO2. The van der Waals surface area contributed by atoms with Gasteiger partial charge in [-0.05, 0) is 0 Å². The average Bonchev–Trinajstić information content (AvgIpc) is 2.22. The number of carbonyl (C=O) groups is 1. The van der Waals surface area contributed by atoms with Crippen molar-refractivity contribution in [2.45, 2.75) is 30.6 Å². The highest BCUT2D eigenvalue weighted by atomic mass is 19.4. The third kappa shape index (κ3) is 4.68. The summed E-state index contributed by atoms with van der Waals surface area (Å²) in [5.74, 6) is -14.1. The molecule has 0 aliphatic rings. The molecule has 21 heavy (non-hydrogen) atoms. The molecular weight excluding hydrogens is 318 g/mol. The number of likely N-dealkylation sites (N-methyl/N-ethyl adjacent to an activating group) is 1. The number of alkyl halides is 8. The van der Waals surface area contributed by atoms with Gasteiger partial charge in [0.05, 0.1) is 26.6 Å². The molecule has 0 aliphatic heterocycles. The van der Waals surface area contributed by atoms with Gasteiger partial charge in [-0.2, -0.15) is 30.7 Å². The molecule has 0 aromatic rings. The van der Waals surface area contributed by atoms with Gasteiger partial charge in [0.15, 0.2) is 6.17 Å². The number of carboxylic acid groups (broad SMARTS) is 1. The Kier molecular flexibility index (Phi) is 5.61. The second-order valence-corrected chi connectivity index (χ2v) is 5.14. The molecule has 0 aliphatic carbocycles. The van der Waals surface area contributed by atoms with E-state index in [0.29, 0.717) is 0 Å². The minimum Gasteiger partial charge on any atom is -0.544 e. The van der Waals surface area contributed by atoms with Crippen LogP contribution in [-0.2, 0) is 4.79 Å². The Hall–Kier alpha value is -1.13. The van der Waals surface area contributed by atoms with Gasteiger partial charge in [0.25, 0.3) is 0 Å².